The van der Waals surface area contributed by atoms with E-state index in [4.69, 9.17) is 0 Å². The normalized spacial score (nSPS) is 16.1. The molecule has 13 nitrogen and oxygen atoms in total. The lowest BCUT2D eigenvalue weighted by atomic mass is 9.90. The van der Waals surface area contributed by atoms with Crippen molar-refractivity contribution in [3.8, 4) is 28.7 Å². The van der Waals surface area contributed by atoms with Crippen LogP contribution in [0.3, 0.4) is 0 Å². The molecule has 1 saturated carbocycles. The summed E-state index contributed by atoms with van der Waals surface area (Å²) in [6.07, 6.45) is 11.5. The molecule has 1 aliphatic rings. The van der Waals surface area contributed by atoms with Gasteiger partial charge in [-0.15, -0.1) is 0 Å². The lowest BCUT2D eigenvalue weighted by molar-refractivity contribution is 0.240. The number of hydrogen-bond acceptors (Lipinski definition) is 9. The number of benzene rings is 1. The molecule has 4 heterocycles. The third-order valence-electron chi connectivity index (χ3n) is 8.05. The second kappa shape index (κ2) is 12.9. The van der Waals surface area contributed by atoms with Crippen LogP contribution in [0.1, 0.15) is 42.5 Å². The van der Waals surface area contributed by atoms with E-state index in [1.54, 1.807) is 32.9 Å². The molecule has 4 aromatic heterocycles. The lowest BCUT2D eigenvalue weighted by Crippen LogP contribution is -2.49. The topological polar surface area (TPSA) is 155 Å². The van der Waals surface area contributed by atoms with Crippen LogP contribution in [0.15, 0.2) is 67.4 Å². The zero-order valence-electron chi connectivity index (χ0n) is 25.4. The number of aromatic nitrogens is 8. The van der Waals surface area contributed by atoms with Gasteiger partial charge in [0.2, 0.25) is 5.95 Å². The minimum Gasteiger partial charge on any atom is -0.351 e. The number of urea groups is 1. The molecule has 1 fully saturated rings. The van der Waals surface area contributed by atoms with E-state index in [1.165, 1.54) is 6.20 Å². The number of anilines is 2. The Morgan fingerprint density at radius 2 is 1.82 bits per heavy atom. The smallest absolute Gasteiger partial charge is 0.323 e. The van der Waals surface area contributed by atoms with Crippen molar-refractivity contribution in [3.05, 3.63) is 84.2 Å². The molecule has 0 bridgehead atoms. The van der Waals surface area contributed by atoms with Crippen molar-refractivity contribution in [1.82, 2.24) is 44.8 Å². The maximum atomic E-state index is 13.7. The van der Waals surface area contributed by atoms with Gasteiger partial charge in [-0.1, -0.05) is 30.3 Å². The Bertz CT molecular complexity index is 1800. The molecule has 0 atom stereocenters. The summed E-state index contributed by atoms with van der Waals surface area (Å²) in [5.74, 6) is 0.945. The molecule has 2 N–H and O–H groups in total. The van der Waals surface area contributed by atoms with Crippen LogP contribution in [0.25, 0.3) is 22.6 Å². The Balaban J connectivity index is 1.17. The van der Waals surface area contributed by atoms with Gasteiger partial charge in [0.15, 0.2) is 5.82 Å². The average molecular weight is 603 g/mol. The average Bonchev–Trinajstić information content (AvgIpc) is 3.65. The predicted octanol–water partition coefficient (Wildman–Crippen LogP) is 4.39. The maximum Gasteiger partial charge on any atom is 0.323 e. The molecule has 13 heteroatoms. The fourth-order valence-electron chi connectivity index (χ4n) is 5.53. The molecule has 0 saturated heterocycles. The highest BCUT2D eigenvalue weighted by molar-refractivity contribution is 5.91. The van der Waals surface area contributed by atoms with E-state index >= 15 is 0 Å². The van der Waals surface area contributed by atoms with Crippen molar-refractivity contribution in [3.63, 3.8) is 0 Å². The molecule has 0 spiro atoms. The highest BCUT2D eigenvalue weighted by Crippen LogP contribution is 2.29. The van der Waals surface area contributed by atoms with Crippen LogP contribution in [-0.2, 0) is 20.6 Å². The van der Waals surface area contributed by atoms with E-state index in [0.29, 0.717) is 41.0 Å². The molecule has 45 heavy (non-hydrogen) atoms. The van der Waals surface area contributed by atoms with Crippen molar-refractivity contribution in [1.29, 1.82) is 5.26 Å². The second-order valence-corrected chi connectivity index (χ2v) is 11.2. The van der Waals surface area contributed by atoms with Crippen molar-refractivity contribution >= 4 is 17.8 Å². The predicted molar refractivity (Wildman–Crippen MR) is 169 cm³/mol. The standard InChI is InChI=1S/C32H34N12O/c1-21-13-27(41-43(21)3)30-23(14-33)16-36-31(40-30)39-25-9-11-26(12-10-25)44(32(45)37-15-22-7-5-4-6-8-22)29-19-34-28(18-35-29)24-17-38-42(2)20-24/h4-8,13,16-20,25-26H,9-12,15H2,1-3H3,(H,37,45)(H,36,39,40). The second-order valence-electron chi connectivity index (χ2n) is 11.2. The molecular formula is C32H34N12O. The first kappa shape index (κ1) is 29.4. The SMILES string of the molecule is Cc1cc(-c2nc(NC3CCC(N(C(=O)NCc4ccccc4)c4cnc(-c5cnn(C)c5)cn4)CC3)ncc2C#N)nn1C. The third kappa shape index (κ3) is 6.65. The summed E-state index contributed by atoms with van der Waals surface area (Å²) >= 11 is 0. The van der Waals surface area contributed by atoms with Gasteiger partial charge in [0.1, 0.15) is 17.5 Å². The van der Waals surface area contributed by atoms with E-state index < -0.39 is 0 Å². The highest BCUT2D eigenvalue weighted by Gasteiger charge is 2.31. The van der Waals surface area contributed by atoms with Crippen molar-refractivity contribution < 1.29 is 4.79 Å². The highest BCUT2D eigenvalue weighted by atomic mass is 16.2. The number of nitriles is 1. The van der Waals surface area contributed by atoms with Crippen LogP contribution in [0.2, 0.25) is 0 Å². The van der Waals surface area contributed by atoms with Crippen LogP contribution >= 0.6 is 0 Å². The van der Waals surface area contributed by atoms with Gasteiger partial charge in [0, 0.05) is 50.2 Å². The Labute approximate surface area is 261 Å². The van der Waals surface area contributed by atoms with Gasteiger partial charge in [-0.05, 0) is 44.2 Å². The summed E-state index contributed by atoms with van der Waals surface area (Å²) in [6.45, 7) is 2.36. The summed E-state index contributed by atoms with van der Waals surface area (Å²) in [6, 6.07) is 13.7. The van der Waals surface area contributed by atoms with Crippen molar-refractivity contribution in [2.75, 3.05) is 10.2 Å². The van der Waals surface area contributed by atoms with Crippen molar-refractivity contribution in [2.24, 2.45) is 14.1 Å². The maximum absolute atomic E-state index is 13.7. The van der Waals surface area contributed by atoms with Gasteiger partial charge in [-0.3, -0.25) is 19.2 Å². The number of rotatable bonds is 8. The number of nitrogens with one attached hydrogen (secondary N) is 2. The molecule has 0 unspecified atom stereocenters. The monoisotopic (exact) mass is 602 g/mol. The lowest BCUT2D eigenvalue weighted by Gasteiger charge is -2.36. The van der Waals surface area contributed by atoms with Gasteiger partial charge in [-0.2, -0.15) is 15.5 Å². The molecule has 1 aliphatic carbocycles. The first-order valence-corrected chi connectivity index (χ1v) is 14.8. The quantitative estimate of drug-likeness (QED) is 0.263. The molecule has 1 aromatic carbocycles. The molecule has 0 aliphatic heterocycles. The van der Waals surface area contributed by atoms with E-state index in [-0.39, 0.29) is 18.1 Å². The fraction of sp³-hybridized carbons (Fsp3) is 0.312. The zero-order chi connectivity index (χ0) is 31.3. The number of aryl methyl sites for hydroxylation is 3. The number of carbonyl (C=O) groups excluding carboxylic acids is 1. The van der Waals surface area contributed by atoms with Gasteiger partial charge >= 0.3 is 6.03 Å². The van der Waals surface area contributed by atoms with Gasteiger partial charge < -0.3 is 10.6 Å². The summed E-state index contributed by atoms with van der Waals surface area (Å²) in [4.78, 5) is 33.7. The third-order valence-corrected chi connectivity index (χ3v) is 8.05. The zero-order valence-corrected chi connectivity index (χ0v) is 25.4. The van der Waals surface area contributed by atoms with Crippen molar-refractivity contribution in [2.45, 2.75) is 51.2 Å². The fourth-order valence-corrected chi connectivity index (χ4v) is 5.53. The van der Waals surface area contributed by atoms with E-state index in [0.717, 1.165) is 42.5 Å². The first-order chi connectivity index (χ1) is 21.9. The number of amides is 2. The van der Waals surface area contributed by atoms with E-state index in [1.807, 2.05) is 63.6 Å². The Morgan fingerprint density at radius 3 is 2.47 bits per heavy atom. The minimum atomic E-state index is -0.218. The minimum absolute atomic E-state index is 0.0775. The summed E-state index contributed by atoms with van der Waals surface area (Å²) in [5, 5.41) is 24.9. The van der Waals surface area contributed by atoms with E-state index in [2.05, 4.69) is 46.8 Å². The van der Waals surface area contributed by atoms with E-state index in [9.17, 15) is 10.1 Å². The number of hydrogen-bond donors (Lipinski definition) is 2. The molecule has 2 amide bonds. The molecule has 5 aromatic rings. The molecule has 0 radical (unpaired) electrons. The van der Waals surface area contributed by atoms with Crippen LogP contribution in [0, 0.1) is 18.3 Å². The summed E-state index contributed by atoms with van der Waals surface area (Å²) < 4.78 is 3.47. The molecule has 6 rings (SSSR count). The van der Waals surface area contributed by atoms with Gasteiger partial charge in [0.25, 0.3) is 0 Å². The number of carbonyl (C=O) groups is 1. The van der Waals surface area contributed by atoms with Crippen LogP contribution in [-0.4, -0.2) is 57.6 Å². The first-order valence-electron chi connectivity index (χ1n) is 14.8. The largest absolute Gasteiger partial charge is 0.351 e. The summed E-state index contributed by atoms with van der Waals surface area (Å²) in [5.41, 5.74) is 5.03. The Morgan fingerprint density at radius 1 is 1.02 bits per heavy atom. The van der Waals surface area contributed by atoms with Crippen LogP contribution in [0.5, 0.6) is 0 Å². The molecular weight excluding hydrogens is 568 g/mol. The van der Waals surface area contributed by atoms with Crippen LogP contribution in [0.4, 0.5) is 16.6 Å². The molecule has 228 valence electrons. The summed E-state index contributed by atoms with van der Waals surface area (Å²) in [7, 11) is 3.71. The number of nitrogens with zero attached hydrogens (tertiary/aromatic N) is 10. The Hall–Kier alpha value is -5.64. The Kier molecular flexibility index (Phi) is 8.45. The van der Waals surface area contributed by atoms with Crippen LogP contribution < -0.4 is 15.5 Å². The van der Waals surface area contributed by atoms with Gasteiger partial charge in [-0.25, -0.2) is 19.7 Å². The van der Waals surface area contributed by atoms with Gasteiger partial charge in [0.05, 0.1) is 36.0 Å².